The zero-order valence-corrected chi connectivity index (χ0v) is 24.8. The summed E-state index contributed by atoms with van der Waals surface area (Å²) in [5.41, 5.74) is 5.30. The highest BCUT2D eigenvalue weighted by molar-refractivity contribution is 6.89. The largest absolute Gasteiger partial charge is 0.326 e. The van der Waals surface area contributed by atoms with Crippen molar-refractivity contribution in [1.29, 1.82) is 0 Å². The van der Waals surface area contributed by atoms with E-state index in [0.717, 1.165) is 6.42 Å². The van der Waals surface area contributed by atoms with Gasteiger partial charge in [-0.05, 0) is 24.5 Å². The zero-order valence-electron chi connectivity index (χ0n) is 23.7. The number of imidazole rings is 1. The highest BCUT2D eigenvalue weighted by Crippen LogP contribution is 2.38. The zero-order chi connectivity index (χ0) is 28.0. The third-order valence-corrected chi connectivity index (χ3v) is 11.2. The first-order valence-electron chi connectivity index (χ1n) is 14.1. The molecule has 0 radical (unpaired) electrons. The lowest BCUT2D eigenvalue weighted by Crippen LogP contribution is -2.48. The Morgan fingerprint density at radius 1 is 0.775 bits per heavy atom. The second-order valence-corrected chi connectivity index (χ2v) is 13.3. The Morgan fingerprint density at radius 2 is 1.25 bits per heavy atom. The van der Waals surface area contributed by atoms with Crippen molar-refractivity contribution in [2.24, 2.45) is 0 Å². The highest BCUT2D eigenvalue weighted by Gasteiger charge is 2.41. The Morgan fingerprint density at radius 3 is 1.65 bits per heavy atom. The summed E-state index contributed by atoms with van der Waals surface area (Å²) < 4.78 is 2.34. The van der Waals surface area contributed by atoms with Crippen molar-refractivity contribution in [1.82, 2.24) is 9.55 Å². The molecule has 0 aliphatic heterocycles. The van der Waals surface area contributed by atoms with Crippen molar-refractivity contribution in [3.8, 4) is 0 Å². The molecule has 4 aromatic carbocycles. The van der Waals surface area contributed by atoms with Crippen molar-refractivity contribution >= 4 is 26.4 Å². The second-order valence-electron chi connectivity index (χ2n) is 10.1. The van der Waals surface area contributed by atoms with Gasteiger partial charge in [-0.1, -0.05) is 157 Å². The van der Waals surface area contributed by atoms with E-state index in [0.29, 0.717) is 6.71 Å². The third kappa shape index (κ3) is 6.70. The Bertz CT molecular complexity index is 1340. The molecule has 0 amide bonds. The van der Waals surface area contributed by atoms with Gasteiger partial charge in [0.05, 0.1) is 20.3 Å². The molecule has 0 spiro atoms. The van der Waals surface area contributed by atoms with Crippen LogP contribution < -0.4 is 10.9 Å². The summed E-state index contributed by atoms with van der Waals surface area (Å²) >= 11 is 0. The molecule has 4 heteroatoms. The van der Waals surface area contributed by atoms with Crippen molar-refractivity contribution in [2.45, 2.75) is 31.1 Å². The molecule has 2 nitrogen and oxygen atoms in total. The SMILES string of the molecule is C=CB(c1ccccc1)c1ccccc1.CC=CCC[SiH](C)C(c1ccccc1)(c1ccccc1)n1ccnc1. The molecule has 1 aromatic heterocycles. The molecule has 0 aliphatic carbocycles. The molecular weight excluding hydrogens is 499 g/mol. The molecule has 1 heterocycles. The number of benzene rings is 4. The molecular formula is C36H39BN2Si. The molecule has 0 saturated carbocycles. The first-order valence-corrected chi connectivity index (χ1v) is 16.7. The Balaban J connectivity index is 0.000000210. The minimum Gasteiger partial charge on any atom is -0.326 e. The lowest BCUT2D eigenvalue weighted by atomic mass is 9.41. The van der Waals surface area contributed by atoms with Crippen LogP contribution in [0.15, 0.2) is 165 Å². The fourth-order valence-electron chi connectivity index (χ4n) is 5.65. The molecule has 200 valence electrons. The molecule has 5 rings (SSSR count). The van der Waals surface area contributed by atoms with E-state index < -0.39 is 8.80 Å². The van der Waals surface area contributed by atoms with Crippen LogP contribution in [0.1, 0.15) is 24.5 Å². The predicted molar refractivity (Wildman–Crippen MR) is 177 cm³/mol. The maximum Gasteiger partial charge on any atom is 0.233 e. The Labute approximate surface area is 242 Å². The average Bonchev–Trinajstić information content (AvgIpc) is 3.56. The van der Waals surface area contributed by atoms with Crippen LogP contribution in [0, 0.1) is 0 Å². The average molecular weight is 539 g/mol. The van der Waals surface area contributed by atoms with Gasteiger partial charge in [0.25, 0.3) is 0 Å². The summed E-state index contributed by atoms with van der Waals surface area (Å²) in [6.45, 7) is 8.80. The van der Waals surface area contributed by atoms with Crippen molar-refractivity contribution < 1.29 is 0 Å². The maximum atomic E-state index is 4.39. The summed E-state index contributed by atoms with van der Waals surface area (Å²) in [5.74, 6) is 1.99. The van der Waals surface area contributed by atoms with E-state index in [4.69, 9.17) is 0 Å². The maximum absolute atomic E-state index is 4.39. The smallest absolute Gasteiger partial charge is 0.233 e. The fourth-order valence-corrected chi connectivity index (χ4v) is 8.94. The summed E-state index contributed by atoms with van der Waals surface area (Å²) in [6.07, 6.45) is 11.6. The van der Waals surface area contributed by atoms with E-state index in [-0.39, 0.29) is 5.16 Å². The second kappa shape index (κ2) is 14.9. The first kappa shape index (κ1) is 28.8. The third-order valence-electron chi connectivity index (χ3n) is 7.61. The minimum absolute atomic E-state index is 0.124. The number of nitrogens with zero attached hydrogens (tertiary/aromatic N) is 2. The van der Waals surface area contributed by atoms with Gasteiger partial charge in [0, 0.05) is 12.4 Å². The molecule has 1 unspecified atom stereocenters. The van der Waals surface area contributed by atoms with Gasteiger partial charge in [0.1, 0.15) is 0 Å². The van der Waals surface area contributed by atoms with Gasteiger partial charge in [-0.15, -0.1) is 12.6 Å². The summed E-state index contributed by atoms with van der Waals surface area (Å²) in [6, 6.07) is 44.0. The summed E-state index contributed by atoms with van der Waals surface area (Å²) in [7, 11) is -1.26. The van der Waals surface area contributed by atoms with Crippen LogP contribution in [-0.2, 0) is 5.16 Å². The topological polar surface area (TPSA) is 17.8 Å². The van der Waals surface area contributed by atoms with Crippen LogP contribution in [0.4, 0.5) is 0 Å². The van der Waals surface area contributed by atoms with Crippen LogP contribution in [-0.4, -0.2) is 25.1 Å². The van der Waals surface area contributed by atoms with E-state index in [9.17, 15) is 0 Å². The number of aromatic nitrogens is 2. The standard InChI is InChI=1S/C22H26N2Si.C14H13B/c1-3-4-11-18-25(2)22(24-17-16-23-19-24,20-12-7-5-8-13-20)21-14-9-6-10-15-21;1-2-15(13-9-5-3-6-10-13)14-11-7-4-8-12-14/h3-10,12-17,19,25H,11,18H2,1-2H3;2-12H,1H2. The normalized spacial score (nSPS) is 11.8. The molecule has 0 bridgehead atoms. The van der Waals surface area contributed by atoms with E-state index in [1.54, 1.807) is 0 Å². The van der Waals surface area contributed by atoms with Crippen molar-refractivity contribution in [3.63, 3.8) is 0 Å². The van der Waals surface area contributed by atoms with Gasteiger partial charge < -0.3 is 4.57 Å². The molecule has 0 fully saturated rings. The monoisotopic (exact) mass is 538 g/mol. The van der Waals surface area contributed by atoms with E-state index in [1.807, 2.05) is 30.6 Å². The van der Waals surface area contributed by atoms with E-state index in [2.05, 4.69) is 157 Å². The van der Waals surface area contributed by atoms with Crippen LogP contribution in [0.5, 0.6) is 0 Å². The van der Waals surface area contributed by atoms with Gasteiger partial charge in [-0.2, -0.15) is 0 Å². The quantitative estimate of drug-likeness (QED) is 0.138. The minimum atomic E-state index is -1.26. The molecule has 0 saturated heterocycles. The van der Waals surface area contributed by atoms with Gasteiger partial charge in [0.2, 0.25) is 6.71 Å². The summed E-state index contributed by atoms with van der Waals surface area (Å²) in [5, 5.41) is -0.124. The van der Waals surface area contributed by atoms with Crippen LogP contribution >= 0.6 is 0 Å². The Hall–Kier alpha value is -4.15. The molecule has 40 heavy (non-hydrogen) atoms. The van der Waals surface area contributed by atoms with Crippen molar-refractivity contribution in [2.75, 3.05) is 0 Å². The number of hydrogen-bond acceptors (Lipinski definition) is 1. The first-order chi connectivity index (χ1) is 19.7. The van der Waals surface area contributed by atoms with Gasteiger partial charge in [0.15, 0.2) is 0 Å². The van der Waals surface area contributed by atoms with E-state index >= 15 is 0 Å². The lowest BCUT2D eigenvalue weighted by molar-refractivity contribution is 0.580. The number of rotatable bonds is 10. The molecule has 5 aromatic rings. The summed E-state index contributed by atoms with van der Waals surface area (Å²) in [4.78, 5) is 4.39. The van der Waals surface area contributed by atoms with Gasteiger partial charge >= 0.3 is 0 Å². The fraction of sp³-hybridized carbons (Fsp3) is 0.139. The molecule has 1 atom stereocenters. The Kier molecular flexibility index (Phi) is 10.7. The molecule has 0 aliphatic rings. The number of allylic oxidation sites excluding steroid dienone is 2. The number of hydrogen-bond donors (Lipinski definition) is 0. The van der Waals surface area contributed by atoms with Crippen LogP contribution in [0.25, 0.3) is 0 Å². The van der Waals surface area contributed by atoms with Gasteiger partial charge in [-0.25, -0.2) is 4.98 Å². The predicted octanol–water partition coefficient (Wildman–Crippen LogP) is 7.06. The van der Waals surface area contributed by atoms with Crippen LogP contribution in [0.3, 0.4) is 0 Å². The molecule has 0 N–H and O–H groups in total. The van der Waals surface area contributed by atoms with Crippen LogP contribution in [0.2, 0.25) is 12.6 Å². The van der Waals surface area contributed by atoms with E-state index in [1.165, 1.54) is 28.1 Å². The van der Waals surface area contributed by atoms with Gasteiger partial charge in [-0.3, -0.25) is 0 Å². The van der Waals surface area contributed by atoms with Crippen molar-refractivity contribution in [3.05, 3.63) is 176 Å². The highest BCUT2D eigenvalue weighted by atomic mass is 28.3. The lowest BCUT2D eigenvalue weighted by Gasteiger charge is -2.41.